The Morgan fingerprint density at radius 2 is 1.71 bits per heavy atom. The summed E-state index contributed by atoms with van der Waals surface area (Å²) in [5, 5.41) is 2.78. The molecule has 0 saturated carbocycles. The van der Waals surface area contributed by atoms with Crippen molar-refractivity contribution in [2.45, 2.75) is 38.8 Å². The number of fused-ring (bicyclic) bond motifs is 1. The lowest BCUT2D eigenvalue weighted by atomic mass is 10.1. The maximum Gasteiger partial charge on any atom is 0.302 e. The molecule has 1 aliphatic heterocycles. The van der Waals surface area contributed by atoms with Crippen LogP contribution in [-0.2, 0) is 29.2 Å². The fraction of sp³-hybridized carbons (Fsp3) is 0.323. The summed E-state index contributed by atoms with van der Waals surface area (Å²) in [6, 6.07) is 15.3. The van der Waals surface area contributed by atoms with E-state index in [2.05, 4.69) is 10.3 Å². The molecule has 3 heterocycles. The number of likely N-dealkylation sites (tertiary alicyclic amines) is 1. The van der Waals surface area contributed by atoms with Crippen molar-refractivity contribution in [3.05, 3.63) is 100.0 Å². The fourth-order valence-electron chi connectivity index (χ4n) is 4.62. The van der Waals surface area contributed by atoms with E-state index >= 15 is 0 Å². The lowest BCUT2D eigenvalue weighted by Crippen LogP contribution is -2.37. The van der Waals surface area contributed by atoms with Crippen molar-refractivity contribution in [3.63, 3.8) is 0 Å². The first-order chi connectivity index (χ1) is 20.4. The molecule has 0 bridgehead atoms. The molecule has 4 aromatic rings. The van der Waals surface area contributed by atoms with Crippen molar-refractivity contribution in [2.24, 2.45) is 0 Å². The van der Waals surface area contributed by atoms with Crippen molar-refractivity contribution in [1.29, 1.82) is 0 Å². The lowest BCUT2D eigenvalue weighted by Gasteiger charge is -2.26. The maximum absolute atomic E-state index is 12.9. The van der Waals surface area contributed by atoms with Gasteiger partial charge < -0.3 is 19.5 Å². The number of nitrogens with one attached hydrogen (secondary N) is 1. The number of likely N-dealkylation sites (N-methyl/N-ethyl adjacent to an activating group) is 1. The van der Waals surface area contributed by atoms with Gasteiger partial charge in [-0.1, -0.05) is 42.5 Å². The lowest BCUT2D eigenvalue weighted by molar-refractivity contribution is -0.132. The molecule has 0 aliphatic carbocycles. The summed E-state index contributed by atoms with van der Waals surface area (Å²) in [4.78, 5) is 54.3. The number of ether oxygens (including phenoxy) is 1. The van der Waals surface area contributed by atoms with E-state index in [9.17, 15) is 23.6 Å². The van der Waals surface area contributed by atoms with Gasteiger partial charge in [0.15, 0.2) is 17.8 Å². The van der Waals surface area contributed by atoms with E-state index in [1.807, 2.05) is 35.2 Å². The summed E-state index contributed by atoms with van der Waals surface area (Å²) in [6.45, 7) is 2.09. The third kappa shape index (κ3) is 7.97. The molecular formula is C31H34FN5O5. The van der Waals surface area contributed by atoms with Crippen LogP contribution >= 0.6 is 0 Å². The standard InChI is InChI=1S/C21H22N4O4.C10H12FNO/c26-14-17-19(29-15-16-7-3-1-4-8-16)20(28)25-12-11-24(21(25)22-17)13-18(27)23-9-5-2-6-10-23;1-12-7-10(13)6-8-2-4-9(11)5-3-8/h1,3-4,7-8,11-12,14H,2,5-6,9-10,13,15H2;2-5,12H,6-7H2,1H3. The van der Waals surface area contributed by atoms with Gasteiger partial charge in [0, 0.05) is 31.9 Å². The van der Waals surface area contributed by atoms with Crippen molar-refractivity contribution < 1.29 is 23.5 Å². The molecule has 5 rings (SSSR count). The van der Waals surface area contributed by atoms with Gasteiger partial charge in [-0.25, -0.2) is 13.8 Å². The third-order valence-corrected chi connectivity index (χ3v) is 6.77. The Balaban J connectivity index is 0.000000262. The number of imidazole rings is 1. The molecule has 0 atom stereocenters. The fourth-order valence-corrected chi connectivity index (χ4v) is 4.62. The number of halogens is 1. The molecular weight excluding hydrogens is 541 g/mol. The first-order valence-corrected chi connectivity index (χ1v) is 13.8. The van der Waals surface area contributed by atoms with Gasteiger partial charge in [0.2, 0.25) is 17.4 Å². The van der Waals surface area contributed by atoms with Gasteiger partial charge in [-0.2, -0.15) is 0 Å². The predicted molar refractivity (Wildman–Crippen MR) is 155 cm³/mol. The number of aromatic nitrogens is 3. The molecule has 0 spiro atoms. The van der Waals surface area contributed by atoms with Crippen molar-refractivity contribution >= 4 is 23.8 Å². The Labute approximate surface area is 242 Å². The molecule has 1 fully saturated rings. The summed E-state index contributed by atoms with van der Waals surface area (Å²) in [7, 11) is 1.72. The predicted octanol–water partition coefficient (Wildman–Crippen LogP) is 3.06. The molecule has 10 nitrogen and oxygen atoms in total. The Bertz CT molecular complexity index is 1560. The van der Waals surface area contributed by atoms with Crippen LogP contribution in [0, 0.1) is 5.82 Å². The van der Waals surface area contributed by atoms with Crippen LogP contribution in [0.15, 0.2) is 71.8 Å². The maximum atomic E-state index is 12.9. The quantitative estimate of drug-likeness (QED) is 0.289. The third-order valence-electron chi connectivity index (χ3n) is 6.77. The SMILES string of the molecule is CNCC(=O)Cc1ccc(F)cc1.O=Cc1nc2n(CC(=O)N3CCCCC3)ccn2c(=O)c1OCc1ccccc1. The number of aldehydes is 1. The van der Waals surface area contributed by atoms with Crippen LogP contribution in [0.5, 0.6) is 5.75 Å². The van der Waals surface area contributed by atoms with Gasteiger partial charge in [0.05, 0.1) is 6.54 Å². The summed E-state index contributed by atoms with van der Waals surface area (Å²) in [5.41, 5.74) is 1.17. The summed E-state index contributed by atoms with van der Waals surface area (Å²) >= 11 is 0. The largest absolute Gasteiger partial charge is 0.481 e. The normalized spacial score (nSPS) is 12.9. The van der Waals surface area contributed by atoms with E-state index in [0.717, 1.165) is 43.5 Å². The minimum Gasteiger partial charge on any atom is -0.481 e. The number of rotatable bonds is 10. The number of amides is 1. The van der Waals surface area contributed by atoms with Crippen molar-refractivity contribution in [2.75, 3.05) is 26.7 Å². The second-order valence-corrected chi connectivity index (χ2v) is 9.93. The van der Waals surface area contributed by atoms with E-state index in [1.165, 1.54) is 22.7 Å². The van der Waals surface area contributed by atoms with E-state index in [0.29, 0.717) is 19.3 Å². The van der Waals surface area contributed by atoms with E-state index in [1.54, 1.807) is 29.9 Å². The van der Waals surface area contributed by atoms with Crippen LogP contribution < -0.4 is 15.6 Å². The van der Waals surface area contributed by atoms with Gasteiger partial charge in [0.25, 0.3) is 0 Å². The van der Waals surface area contributed by atoms with Crippen molar-refractivity contribution in [1.82, 2.24) is 24.2 Å². The summed E-state index contributed by atoms with van der Waals surface area (Å²) in [5.74, 6) is -0.0380. The van der Waals surface area contributed by atoms with Crippen LogP contribution in [-0.4, -0.2) is 63.5 Å². The molecule has 11 heteroatoms. The molecule has 1 saturated heterocycles. The molecule has 1 N–H and O–H groups in total. The Morgan fingerprint density at radius 3 is 2.38 bits per heavy atom. The zero-order chi connectivity index (χ0) is 29.9. The van der Waals surface area contributed by atoms with E-state index in [-0.39, 0.29) is 47.9 Å². The smallest absolute Gasteiger partial charge is 0.302 e. The zero-order valence-corrected chi connectivity index (χ0v) is 23.5. The second-order valence-electron chi connectivity index (χ2n) is 9.93. The number of nitrogens with zero attached hydrogens (tertiary/aromatic N) is 4. The van der Waals surface area contributed by atoms with Crippen LogP contribution in [0.2, 0.25) is 0 Å². The van der Waals surface area contributed by atoms with E-state index in [4.69, 9.17) is 4.74 Å². The number of hydrogen-bond acceptors (Lipinski definition) is 7. The number of carbonyl (C=O) groups is 3. The molecule has 1 amide bonds. The van der Waals surface area contributed by atoms with Gasteiger partial charge in [0.1, 0.15) is 19.0 Å². The number of benzene rings is 2. The molecule has 220 valence electrons. The van der Waals surface area contributed by atoms with Crippen LogP contribution in [0.3, 0.4) is 0 Å². The first kappa shape index (κ1) is 30.3. The number of ketones is 1. The number of piperidine rings is 1. The highest BCUT2D eigenvalue weighted by Gasteiger charge is 2.20. The highest BCUT2D eigenvalue weighted by molar-refractivity contribution is 5.82. The summed E-state index contributed by atoms with van der Waals surface area (Å²) < 4.78 is 21.0. The van der Waals surface area contributed by atoms with Crippen LogP contribution in [0.25, 0.3) is 5.78 Å². The molecule has 2 aromatic carbocycles. The first-order valence-electron chi connectivity index (χ1n) is 13.8. The van der Waals surface area contributed by atoms with Gasteiger partial charge in [-0.05, 0) is 49.6 Å². The summed E-state index contributed by atoms with van der Waals surface area (Å²) in [6.07, 6.45) is 7.19. The van der Waals surface area contributed by atoms with Gasteiger partial charge >= 0.3 is 5.56 Å². The number of Topliss-reactive ketones (excluding diaryl/α,β-unsaturated/α-hetero) is 1. The highest BCUT2D eigenvalue weighted by Crippen LogP contribution is 2.15. The average molecular weight is 576 g/mol. The monoisotopic (exact) mass is 575 g/mol. The number of carbonyl (C=O) groups excluding carboxylic acids is 3. The molecule has 42 heavy (non-hydrogen) atoms. The van der Waals surface area contributed by atoms with Crippen LogP contribution in [0.1, 0.15) is 40.9 Å². The van der Waals surface area contributed by atoms with Crippen LogP contribution in [0.4, 0.5) is 4.39 Å². The molecule has 0 unspecified atom stereocenters. The zero-order valence-electron chi connectivity index (χ0n) is 23.5. The van der Waals surface area contributed by atoms with Crippen molar-refractivity contribution in [3.8, 4) is 5.75 Å². The molecule has 0 radical (unpaired) electrons. The highest BCUT2D eigenvalue weighted by atomic mass is 19.1. The average Bonchev–Trinajstić information content (AvgIpc) is 3.41. The number of hydrogen-bond donors (Lipinski definition) is 1. The Kier molecular flexibility index (Phi) is 10.7. The Morgan fingerprint density at radius 1 is 1.00 bits per heavy atom. The minimum atomic E-state index is -0.475. The van der Waals surface area contributed by atoms with E-state index < -0.39 is 5.56 Å². The molecule has 2 aromatic heterocycles. The van der Waals surface area contributed by atoms with Gasteiger partial charge in [-0.15, -0.1) is 0 Å². The minimum absolute atomic E-state index is 0.0193. The Hall–Kier alpha value is -4.64. The topological polar surface area (TPSA) is 115 Å². The van der Waals surface area contributed by atoms with Gasteiger partial charge in [-0.3, -0.25) is 19.2 Å². The second kappa shape index (κ2) is 14.8. The molecule has 1 aliphatic rings.